The van der Waals surface area contributed by atoms with Crippen LogP contribution in [0.2, 0.25) is 0 Å². The minimum absolute atomic E-state index is 0.0263. The number of hydrogen-bond donors (Lipinski definition) is 1. The molecule has 9 heteroatoms. The van der Waals surface area contributed by atoms with E-state index in [0.29, 0.717) is 16.8 Å². The fraction of sp³-hybridized carbons (Fsp3) is 0.250. The van der Waals surface area contributed by atoms with E-state index >= 15 is 0 Å². The zero-order valence-electron chi connectivity index (χ0n) is 20.5. The first-order valence-electron chi connectivity index (χ1n) is 12.4. The van der Waals surface area contributed by atoms with Gasteiger partial charge in [-0.15, -0.1) is 0 Å². The topological polar surface area (TPSA) is 94.1 Å². The lowest BCUT2D eigenvalue weighted by atomic mass is 10.1. The third-order valence-corrected chi connectivity index (χ3v) is 7.72. The Kier molecular flexibility index (Phi) is 6.00. The van der Waals surface area contributed by atoms with Gasteiger partial charge in [-0.25, -0.2) is 0 Å². The number of aliphatic imine (C=N–C) groups is 1. The summed E-state index contributed by atoms with van der Waals surface area (Å²) < 4.78 is 2.16. The SMILES string of the molecule is Cc1cccc(Cn2cc(C=C3C(=N)N4N=C(CC(=O)N5CCCC5)SC4=NC3=O)c3ccccc32)c1. The van der Waals surface area contributed by atoms with Gasteiger partial charge in [0.2, 0.25) is 11.1 Å². The molecule has 37 heavy (non-hydrogen) atoms. The van der Waals surface area contributed by atoms with Crippen LogP contribution in [0.1, 0.15) is 36.0 Å². The second kappa shape index (κ2) is 9.48. The second-order valence-corrected chi connectivity index (χ2v) is 10.5. The maximum Gasteiger partial charge on any atom is 0.283 e. The number of hydrogen-bond acceptors (Lipinski definition) is 5. The normalized spacial score (nSPS) is 18.6. The van der Waals surface area contributed by atoms with Crippen molar-refractivity contribution in [2.75, 3.05) is 13.1 Å². The number of fused-ring (bicyclic) bond motifs is 2. The summed E-state index contributed by atoms with van der Waals surface area (Å²) in [4.78, 5) is 31.6. The first-order valence-corrected chi connectivity index (χ1v) is 13.2. The van der Waals surface area contributed by atoms with Crippen LogP contribution in [0, 0.1) is 12.3 Å². The third-order valence-electron chi connectivity index (χ3n) is 6.81. The van der Waals surface area contributed by atoms with Crippen molar-refractivity contribution in [1.29, 1.82) is 5.41 Å². The highest BCUT2D eigenvalue weighted by Crippen LogP contribution is 2.31. The van der Waals surface area contributed by atoms with Crippen molar-refractivity contribution in [2.24, 2.45) is 10.1 Å². The molecule has 0 unspecified atom stereocenters. The fourth-order valence-corrected chi connectivity index (χ4v) is 5.87. The number of nitrogens with zero attached hydrogens (tertiary/aromatic N) is 5. The predicted octanol–water partition coefficient (Wildman–Crippen LogP) is 4.63. The number of para-hydroxylation sites is 1. The molecule has 3 aliphatic heterocycles. The third kappa shape index (κ3) is 4.51. The van der Waals surface area contributed by atoms with Gasteiger partial charge in [0.05, 0.1) is 12.0 Å². The van der Waals surface area contributed by atoms with Crippen molar-refractivity contribution < 1.29 is 9.59 Å². The molecule has 0 saturated carbocycles. The van der Waals surface area contributed by atoms with E-state index in [9.17, 15) is 9.59 Å². The molecule has 2 amide bonds. The summed E-state index contributed by atoms with van der Waals surface area (Å²) in [5.74, 6) is -0.470. The van der Waals surface area contributed by atoms with E-state index in [-0.39, 0.29) is 23.7 Å². The van der Waals surface area contributed by atoms with Crippen LogP contribution in [-0.2, 0) is 16.1 Å². The van der Waals surface area contributed by atoms with Crippen molar-refractivity contribution in [1.82, 2.24) is 14.5 Å². The largest absolute Gasteiger partial charge is 0.342 e. The van der Waals surface area contributed by atoms with Crippen LogP contribution in [0.3, 0.4) is 0 Å². The lowest BCUT2D eigenvalue weighted by Crippen LogP contribution is -2.35. The predicted molar refractivity (Wildman–Crippen MR) is 148 cm³/mol. The molecule has 186 valence electrons. The quantitative estimate of drug-likeness (QED) is 0.507. The van der Waals surface area contributed by atoms with Gasteiger partial charge in [-0.1, -0.05) is 48.0 Å². The molecule has 0 radical (unpaired) electrons. The number of thioether (sulfide) groups is 1. The van der Waals surface area contributed by atoms with Crippen LogP contribution in [0.15, 0.2) is 70.4 Å². The lowest BCUT2D eigenvalue weighted by molar-refractivity contribution is -0.128. The molecule has 2 aromatic carbocycles. The van der Waals surface area contributed by atoms with E-state index in [1.807, 2.05) is 29.3 Å². The molecule has 0 bridgehead atoms. The van der Waals surface area contributed by atoms with Crippen molar-refractivity contribution >= 4 is 56.6 Å². The number of amides is 2. The summed E-state index contributed by atoms with van der Waals surface area (Å²) in [5.41, 5.74) is 4.47. The molecule has 8 nitrogen and oxygen atoms in total. The number of aryl methyl sites for hydroxylation is 1. The van der Waals surface area contributed by atoms with E-state index in [1.54, 1.807) is 6.08 Å². The van der Waals surface area contributed by atoms with Gasteiger partial charge in [0.1, 0.15) is 5.04 Å². The molecule has 0 atom stereocenters. The zero-order valence-corrected chi connectivity index (χ0v) is 21.3. The summed E-state index contributed by atoms with van der Waals surface area (Å²) in [6.45, 7) is 4.33. The number of amidine groups is 2. The molecular formula is C28H26N6O2S. The average Bonchev–Trinajstić information content (AvgIpc) is 3.62. The van der Waals surface area contributed by atoms with Gasteiger partial charge in [-0.05, 0) is 49.2 Å². The van der Waals surface area contributed by atoms with Crippen molar-refractivity contribution in [3.05, 3.63) is 77.0 Å². The Balaban J connectivity index is 1.29. The lowest BCUT2D eigenvalue weighted by Gasteiger charge is -2.20. The number of benzene rings is 2. The Morgan fingerprint density at radius 2 is 1.95 bits per heavy atom. The summed E-state index contributed by atoms with van der Waals surface area (Å²) in [7, 11) is 0. The number of carbonyl (C=O) groups excluding carboxylic acids is 2. The molecule has 1 saturated heterocycles. The number of nitrogens with one attached hydrogen (secondary N) is 1. The summed E-state index contributed by atoms with van der Waals surface area (Å²) in [6.07, 6.45) is 5.96. The van der Waals surface area contributed by atoms with E-state index in [1.165, 1.54) is 27.9 Å². The first kappa shape index (κ1) is 23.4. The Morgan fingerprint density at radius 3 is 2.76 bits per heavy atom. The van der Waals surface area contributed by atoms with Crippen LogP contribution in [0.4, 0.5) is 0 Å². The van der Waals surface area contributed by atoms with Crippen molar-refractivity contribution in [3.63, 3.8) is 0 Å². The molecular weight excluding hydrogens is 484 g/mol. The molecule has 1 N–H and O–H groups in total. The minimum Gasteiger partial charge on any atom is -0.342 e. The Morgan fingerprint density at radius 1 is 1.14 bits per heavy atom. The van der Waals surface area contributed by atoms with E-state index in [4.69, 9.17) is 5.41 Å². The first-order chi connectivity index (χ1) is 18.0. The maximum atomic E-state index is 13.0. The van der Waals surface area contributed by atoms with Gasteiger partial charge in [0.25, 0.3) is 5.91 Å². The van der Waals surface area contributed by atoms with Gasteiger partial charge in [0.15, 0.2) is 5.84 Å². The number of carbonyl (C=O) groups is 2. The van der Waals surface area contributed by atoms with Gasteiger partial charge in [-0.3, -0.25) is 15.0 Å². The summed E-state index contributed by atoms with van der Waals surface area (Å²) in [5, 5.41) is 16.5. The van der Waals surface area contributed by atoms with Crippen LogP contribution >= 0.6 is 11.8 Å². The Labute approximate surface area is 218 Å². The summed E-state index contributed by atoms with van der Waals surface area (Å²) in [6, 6.07) is 16.4. The molecule has 3 aromatic rings. The van der Waals surface area contributed by atoms with Crippen molar-refractivity contribution in [3.8, 4) is 0 Å². The van der Waals surface area contributed by atoms with E-state index in [2.05, 4.69) is 51.9 Å². The van der Waals surface area contributed by atoms with Gasteiger partial charge < -0.3 is 9.47 Å². The van der Waals surface area contributed by atoms with Crippen molar-refractivity contribution in [2.45, 2.75) is 32.7 Å². The fourth-order valence-electron chi connectivity index (χ4n) is 4.99. The molecule has 1 aromatic heterocycles. The van der Waals surface area contributed by atoms with Crippen LogP contribution in [0.25, 0.3) is 17.0 Å². The second-order valence-electron chi connectivity index (χ2n) is 9.50. The Hall–Kier alpha value is -3.98. The monoisotopic (exact) mass is 510 g/mol. The van der Waals surface area contributed by atoms with E-state index in [0.717, 1.165) is 42.4 Å². The number of rotatable bonds is 5. The maximum absolute atomic E-state index is 13.0. The molecule has 0 aliphatic carbocycles. The zero-order chi connectivity index (χ0) is 25.5. The standard InChI is InChI=1S/C28H26N6O2S/c1-18-7-6-8-19(13-18)16-33-17-20(21-9-2-3-10-23(21)33)14-22-26(29)34-28(30-27(22)36)37-24(31-34)15-25(35)32-11-4-5-12-32/h2-3,6-10,13-14,17,29H,4-5,11-12,15-16H2,1H3. The molecule has 4 heterocycles. The van der Waals surface area contributed by atoms with Gasteiger partial charge >= 0.3 is 0 Å². The average molecular weight is 511 g/mol. The highest BCUT2D eigenvalue weighted by molar-refractivity contribution is 8.27. The van der Waals surface area contributed by atoms with Gasteiger partial charge in [0, 0.05) is 42.3 Å². The highest BCUT2D eigenvalue weighted by atomic mass is 32.2. The Bertz CT molecular complexity index is 1540. The number of likely N-dealkylation sites (tertiary alicyclic amines) is 1. The van der Waals surface area contributed by atoms with Crippen LogP contribution in [0.5, 0.6) is 0 Å². The highest BCUT2D eigenvalue weighted by Gasteiger charge is 2.36. The number of aromatic nitrogens is 1. The molecule has 1 fully saturated rings. The molecule has 0 spiro atoms. The van der Waals surface area contributed by atoms with E-state index < -0.39 is 5.91 Å². The summed E-state index contributed by atoms with van der Waals surface area (Å²) >= 11 is 1.19. The molecule has 3 aliphatic rings. The van der Waals surface area contributed by atoms with Crippen LogP contribution in [-0.4, -0.2) is 55.4 Å². The van der Waals surface area contributed by atoms with Gasteiger partial charge in [-0.2, -0.15) is 15.1 Å². The number of hydrazone groups is 1. The smallest absolute Gasteiger partial charge is 0.283 e. The molecule has 6 rings (SSSR count). The minimum atomic E-state index is -0.471. The van der Waals surface area contributed by atoms with Crippen LogP contribution < -0.4 is 0 Å².